The maximum atomic E-state index is 12.4. The molecule has 1 aromatic carbocycles. The zero-order valence-electron chi connectivity index (χ0n) is 11.6. The number of fused-ring (bicyclic) bond motifs is 1. The molecule has 22 heavy (non-hydrogen) atoms. The summed E-state index contributed by atoms with van der Waals surface area (Å²) in [4.78, 5) is 24.0. The van der Waals surface area contributed by atoms with Gasteiger partial charge in [-0.15, -0.1) is 0 Å². The quantitative estimate of drug-likeness (QED) is 0.874. The van der Waals surface area contributed by atoms with Gasteiger partial charge in [-0.25, -0.2) is 4.79 Å². The van der Waals surface area contributed by atoms with E-state index in [0.717, 1.165) is 0 Å². The van der Waals surface area contributed by atoms with Gasteiger partial charge < -0.3 is 19.9 Å². The van der Waals surface area contributed by atoms with Crippen LogP contribution in [-0.4, -0.2) is 40.8 Å². The standard InChI is InChI=1S/C14H14ClNO5S/c15-9-5-8(6-10-11(9)21-7-20-10)12(17)16-14(13(18)19)1-3-22-4-2-14/h5-6H,1-4,7H2,(H,16,17)(H,18,19). The molecule has 3 rings (SSSR count). The van der Waals surface area contributed by atoms with E-state index >= 15 is 0 Å². The minimum absolute atomic E-state index is 0.0520. The van der Waals surface area contributed by atoms with E-state index in [0.29, 0.717) is 35.8 Å². The molecule has 0 spiro atoms. The molecule has 0 saturated carbocycles. The lowest BCUT2D eigenvalue weighted by atomic mass is 9.92. The zero-order chi connectivity index (χ0) is 15.7. The minimum Gasteiger partial charge on any atom is -0.480 e. The predicted octanol–water partition coefficient (Wildman–Crippen LogP) is 2.15. The van der Waals surface area contributed by atoms with E-state index in [-0.39, 0.29) is 17.4 Å². The van der Waals surface area contributed by atoms with E-state index in [1.165, 1.54) is 12.1 Å². The van der Waals surface area contributed by atoms with Crippen LogP contribution in [-0.2, 0) is 4.79 Å². The molecule has 2 aliphatic rings. The fourth-order valence-corrected chi connectivity index (χ4v) is 3.96. The van der Waals surface area contributed by atoms with Crippen molar-refractivity contribution in [2.24, 2.45) is 0 Å². The number of rotatable bonds is 3. The predicted molar refractivity (Wildman–Crippen MR) is 82.0 cm³/mol. The molecule has 2 heterocycles. The van der Waals surface area contributed by atoms with Crippen LogP contribution in [0.2, 0.25) is 5.02 Å². The van der Waals surface area contributed by atoms with E-state index in [2.05, 4.69) is 5.32 Å². The van der Waals surface area contributed by atoms with Crippen molar-refractivity contribution in [2.45, 2.75) is 18.4 Å². The Kier molecular flexibility index (Phi) is 4.10. The number of halogens is 1. The summed E-state index contributed by atoms with van der Waals surface area (Å²) >= 11 is 7.74. The number of hydrogen-bond acceptors (Lipinski definition) is 5. The molecule has 0 unspecified atom stereocenters. The maximum Gasteiger partial charge on any atom is 0.329 e. The Morgan fingerprint density at radius 3 is 2.68 bits per heavy atom. The molecule has 0 aliphatic carbocycles. The normalized spacial score (nSPS) is 18.8. The summed E-state index contributed by atoms with van der Waals surface area (Å²) in [5.41, 5.74) is -0.960. The van der Waals surface area contributed by atoms with Crippen molar-refractivity contribution in [3.05, 3.63) is 22.7 Å². The Hall–Kier alpha value is -1.60. The van der Waals surface area contributed by atoms with Crippen molar-refractivity contribution in [3.63, 3.8) is 0 Å². The second-order valence-corrected chi connectivity index (χ2v) is 6.78. The molecule has 118 valence electrons. The monoisotopic (exact) mass is 343 g/mol. The van der Waals surface area contributed by atoms with Crippen LogP contribution in [0.15, 0.2) is 12.1 Å². The summed E-state index contributed by atoms with van der Waals surface area (Å²) in [7, 11) is 0. The van der Waals surface area contributed by atoms with Crippen LogP contribution in [0, 0.1) is 0 Å². The first-order valence-electron chi connectivity index (χ1n) is 6.75. The van der Waals surface area contributed by atoms with Gasteiger partial charge in [0.2, 0.25) is 6.79 Å². The maximum absolute atomic E-state index is 12.4. The molecule has 8 heteroatoms. The first kappa shape index (κ1) is 15.3. The minimum atomic E-state index is -1.22. The molecule has 0 radical (unpaired) electrons. The number of carboxylic acid groups (broad SMARTS) is 1. The van der Waals surface area contributed by atoms with E-state index in [4.69, 9.17) is 21.1 Å². The number of nitrogens with one attached hydrogen (secondary N) is 1. The number of carboxylic acids is 1. The van der Waals surface area contributed by atoms with Crippen molar-refractivity contribution < 1.29 is 24.2 Å². The van der Waals surface area contributed by atoms with Crippen molar-refractivity contribution in [3.8, 4) is 11.5 Å². The highest BCUT2D eigenvalue weighted by Crippen LogP contribution is 2.40. The Balaban J connectivity index is 1.85. The van der Waals surface area contributed by atoms with Gasteiger partial charge in [0.05, 0.1) is 5.02 Å². The fourth-order valence-electron chi connectivity index (χ4n) is 2.50. The van der Waals surface area contributed by atoms with Crippen LogP contribution in [0.4, 0.5) is 0 Å². The van der Waals surface area contributed by atoms with Crippen LogP contribution in [0.3, 0.4) is 0 Å². The summed E-state index contributed by atoms with van der Waals surface area (Å²) < 4.78 is 10.4. The Labute approximate surface area is 136 Å². The second-order valence-electron chi connectivity index (χ2n) is 5.15. The third kappa shape index (κ3) is 2.70. The van der Waals surface area contributed by atoms with Crippen LogP contribution < -0.4 is 14.8 Å². The molecule has 6 nitrogen and oxygen atoms in total. The highest BCUT2D eigenvalue weighted by Gasteiger charge is 2.41. The molecule has 1 saturated heterocycles. The van der Waals surface area contributed by atoms with Gasteiger partial charge in [-0.1, -0.05) is 11.6 Å². The third-order valence-corrected chi connectivity index (χ3v) is 5.06. The van der Waals surface area contributed by atoms with Crippen LogP contribution in [0.1, 0.15) is 23.2 Å². The number of ether oxygens (including phenoxy) is 2. The Bertz CT molecular complexity index is 630. The lowest BCUT2D eigenvalue weighted by Crippen LogP contribution is -2.56. The van der Waals surface area contributed by atoms with Crippen molar-refractivity contribution >= 4 is 35.2 Å². The summed E-state index contributed by atoms with van der Waals surface area (Å²) in [6, 6.07) is 2.97. The van der Waals surface area contributed by atoms with Crippen LogP contribution in [0.5, 0.6) is 11.5 Å². The number of carbonyl (C=O) groups is 2. The van der Waals surface area contributed by atoms with Gasteiger partial charge in [-0.2, -0.15) is 11.8 Å². The number of hydrogen-bond donors (Lipinski definition) is 2. The summed E-state index contributed by atoms with van der Waals surface area (Å²) in [5, 5.41) is 12.4. The highest BCUT2D eigenvalue weighted by molar-refractivity contribution is 7.99. The first-order valence-corrected chi connectivity index (χ1v) is 8.28. The topological polar surface area (TPSA) is 84.9 Å². The van der Waals surface area contributed by atoms with Gasteiger partial charge >= 0.3 is 5.97 Å². The van der Waals surface area contributed by atoms with Crippen molar-refractivity contribution in [1.29, 1.82) is 0 Å². The molecule has 1 amide bonds. The van der Waals surface area contributed by atoms with E-state index in [9.17, 15) is 14.7 Å². The van der Waals surface area contributed by atoms with Gasteiger partial charge in [-0.05, 0) is 36.5 Å². The Morgan fingerprint density at radius 2 is 2.00 bits per heavy atom. The lowest BCUT2D eigenvalue weighted by Gasteiger charge is -2.33. The van der Waals surface area contributed by atoms with Gasteiger partial charge in [-0.3, -0.25) is 4.79 Å². The number of thioether (sulfide) groups is 1. The number of amides is 1. The average molecular weight is 344 g/mol. The number of carbonyl (C=O) groups excluding carboxylic acids is 1. The van der Waals surface area contributed by atoms with Crippen molar-refractivity contribution in [2.75, 3.05) is 18.3 Å². The van der Waals surface area contributed by atoms with Gasteiger partial charge in [0.1, 0.15) is 5.54 Å². The Morgan fingerprint density at radius 1 is 1.27 bits per heavy atom. The molecule has 2 N–H and O–H groups in total. The summed E-state index contributed by atoms with van der Waals surface area (Å²) in [6.45, 7) is 0.0520. The van der Waals surface area contributed by atoms with Crippen molar-refractivity contribution in [1.82, 2.24) is 5.32 Å². The van der Waals surface area contributed by atoms with Crippen LogP contribution >= 0.6 is 23.4 Å². The number of benzene rings is 1. The second kappa shape index (κ2) is 5.89. The van der Waals surface area contributed by atoms with Gasteiger partial charge in [0.15, 0.2) is 11.5 Å². The molecular weight excluding hydrogens is 330 g/mol. The van der Waals surface area contributed by atoms with E-state index in [1.807, 2.05) is 0 Å². The lowest BCUT2D eigenvalue weighted by molar-refractivity contribution is -0.144. The average Bonchev–Trinajstić information content (AvgIpc) is 2.97. The molecule has 1 aromatic rings. The molecule has 0 aromatic heterocycles. The largest absolute Gasteiger partial charge is 0.480 e. The van der Waals surface area contributed by atoms with Gasteiger partial charge in [0, 0.05) is 5.56 Å². The van der Waals surface area contributed by atoms with Crippen LogP contribution in [0.25, 0.3) is 0 Å². The van der Waals surface area contributed by atoms with Gasteiger partial charge in [0.25, 0.3) is 5.91 Å². The summed E-state index contributed by atoms with van der Waals surface area (Å²) in [6.07, 6.45) is 0.800. The van der Waals surface area contributed by atoms with E-state index in [1.54, 1.807) is 11.8 Å². The molecule has 0 atom stereocenters. The highest BCUT2D eigenvalue weighted by atomic mass is 35.5. The molecule has 2 aliphatic heterocycles. The fraction of sp³-hybridized carbons (Fsp3) is 0.429. The zero-order valence-corrected chi connectivity index (χ0v) is 13.1. The SMILES string of the molecule is O=C(NC1(C(=O)O)CCSCC1)c1cc(Cl)c2c(c1)OCO2. The third-order valence-electron chi connectivity index (χ3n) is 3.80. The summed E-state index contributed by atoms with van der Waals surface area (Å²) in [5.74, 6) is 0.715. The first-order chi connectivity index (χ1) is 10.5. The smallest absolute Gasteiger partial charge is 0.329 e. The molecule has 0 bridgehead atoms. The molecular formula is C14H14ClNO5S. The number of aliphatic carboxylic acids is 1. The van der Waals surface area contributed by atoms with E-state index < -0.39 is 17.4 Å². The molecule has 1 fully saturated rings.